The highest BCUT2D eigenvalue weighted by Gasteiger charge is 2.70. The number of nitrogens with two attached hydrogens (primary N) is 1. The number of carbonyl (C=O) groups is 1. The molecule has 3 unspecified atom stereocenters. The highest BCUT2D eigenvalue weighted by atomic mass is 35.5. The maximum absolute atomic E-state index is 12.7. The molecule has 128 valence electrons. The molecule has 3 atom stereocenters. The Labute approximate surface area is 140 Å². The molecule has 1 heterocycles. The lowest BCUT2D eigenvalue weighted by Gasteiger charge is -2.65. The summed E-state index contributed by atoms with van der Waals surface area (Å²) in [5.74, 6) is 1.03. The Morgan fingerprint density at radius 3 is 2.59 bits per heavy atom. The summed E-state index contributed by atoms with van der Waals surface area (Å²) in [5.41, 5.74) is 5.56. The second-order valence-corrected chi connectivity index (χ2v) is 7.83. The minimum atomic E-state index is -0.756. The van der Waals surface area contributed by atoms with Crippen LogP contribution in [0.5, 0.6) is 0 Å². The summed E-state index contributed by atoms with van der Waals surface area (Å²) in [4.78, 5) is 12.7. The van der Waals surface area contributed by atoms with Gasteiger partial charge in [-0.05, 0) is 25.2 Å². The van der Waals surface area contributed by atoms with Crippen LogP contribution in [0.4, 0.5) is 0 Å². The molecule has 0 radical (unpaired) electrons. The van der Waals surface area contributed by atoms with Crippen LogP contribution in [0.25, 0.3) is 0 Å². The fourth-order valence-corrected chi connectivity index (χ4v) is 4.87. The lowest BCUT2D eigenvalue weighted by molar-refractivity contribution is -0.225. The third-order valence-electron chi connectivity index (χ3n) is 6.37. The number of fused-ring (bicyclic) bond motifs is 1. The standard InChI is InChI=1S/C17H30N2O2.ClH/c1-16(2)14-13(8-5-11-21-14)17(16,18)15(20)19-10-9-12-6-3-4-7-12;/h12-14H,3-11,18H2,1-2H3,(H,19,20);1H. The first-order valence-electron chi connectivity index (χ1n) is 8.66. The number of rotatable bonds is 4. The van der Waals surface area contributed by atoms with Crippen molar-refractivity contribution in [3.8, 4) is 0 Å². The molecule has 0 aromatic carbocycles. The van der Waals surface area contributed by atoms with Gasteiger partial charge in [0.25, 0.3) is 0 Å². The van der Waals surface area contributed by atoms with Gasteiger partial charge in [-0.25, -0.2) is 0 Å². The minimum Gasteiger partial charge on any atom is -0.377 e. The van der Waals surface area contributed by atoms with E-state index in [9.17, 15) is 4.79 Å². The fourth-order valence-electron chi connectivity index (χ4n) is 4.87. The maximum atomic E-state index is 12.7. The molecule has 1 amide bonds. The Morgan fingerprint density at radius 2 is 1.91 bits per heavy atom. The summed E-state index contributed by atoms with van der Waals surface area (Å²) < 4.78 is 5.86. The second kappa shape index (κ2) is 6.66. The number of ether oxygens (including phenoxy) is 1. The maximum Gasteiger partial charge on any atom is 0.241 e. The van der Waals surface area contributed by atoms with Gasteiger partial charge in [0.1, 0.15) is 5.54 Å². The Kier molecular flexibility index (Phi) is 5.46. The largest absolute Gasteiger partial charge is 0.377 e. The predicted octanol–water partition coefficient (Wildman–Crippen LogP) is 2.64. The van der Waals surface area contributed by atoms with E-state index in [-0.39, 0.29) is 35.8 Å². The number of nitrogens with one attached hydrogen (secondary N) is 1. The molecule has 3 rings (SSSR count). The normalized spacial score (nSPS) is 36.9. The number of halogens is 1. The molecule has 0 bridgehead atoms. The third kappa shape index (κ3) is 2.67. The van der Waals surface area contributed by atoms with Crippen molar-refractivity contribution in [2.45, 2.75) is 70.4 Å². The van der Waals surface area contributed by atoms with E-state index in [1.165, 1.54) is 25.7 Å². The average Bonchev–Trinajstić information content (AvgIpc) is 2.99. The van der Waals surface area contributed by atoms with Crippen molar-refractivity contribution in [2.75, 3.05) is 13.2 Å². The smallest absolute Gasteiger partial charge is 0.241 e. The van der Waals surface area contributed by atoms with E-state index in [4.69, 9.17) is 10.5 Å². The molecule has 2 saturated carbocycles. The third-order valence-corrected chi connectivity index (χ3v) is 6.37. The zero-order valence-electron chi connectivity index (χ0n) is 13.9. The van der Waals surface area contributed by atoms with Gasteiger partial charge < -0.3 is 15.8 Å². The molecule has 3 aliphatic rings. The van der Waals surface area contributed by atoms with E-state index in [1.54, 1.807) is 0 Å². The first-order chi connectivity index (χ1) is 9.98. The summed E-state index contributed by atoms with van der Waals surface area (Å²) in [5, 5.41) is 3.12. The van der Waals surface area contributed by atoms with Crippen molar-refractivity contribution in [1.82, 2.24) is 5.32 Å². The number of carbonyl (C=O) groups excluding carboxylic acids is 1. The molecular formula is C17H31ClN2O2. The zero-order valence-corrected chi connectivity index (χ0v) is 14.7. The van der Waals surface area contributed by atoms with Gasteiger partial charge in [0.15, 0.2) is 0 Å². The van der Waals surface area contributed by atoms with Gasteiger partial charge in [0, 0.05) is 24.5 Å². The second-order valence-electron chi connectivity index (χ2n) is 7.83. The topological polar surface area (TPSA) is 64.3 Å². The van der Waals surface area contributed by atoms with E-state index in [2.05, 4.69) is 19.2 Å². The SMILES string of the molecule is CC1(C)C2OCCCC2C1(N)C(=O)NCCC1CCCC1.Cl. The summed E-state index contributed by atoms with van der Waals surface area (Å²) in [6.07, 6.45) is 8.65. The zero-order chi connectivity index (χ0) is 15.1. The Hall–Kier alpha value is -0.320. The number of hydrogen-bond acceptors (Lipinski definition) is 3. The van der Waals surface area contributed by atoms with Crippen molar-refractivity contribution >= 4 is 18.3 Å². The Morgan fingerprint density at radius 1 is 1.23 bits per heavy atom. The molecule has 0 aromatic heterocycles. The first-order valence-corrected chi connectivity index (χ1v) is 8.66. The number of hydrogen-bond donors (Lipinski definition) is 2. The predicted molar refractivity (Wildman–Crippen MR) is 90.0 cm³/mol. The van der Waals surface area contributed by atoms with Crippen LogP contribution in [0.15, 0.2) is 0 Å². The van der Waals surface area contributed by atoms with Gasteiger partial charge in [-0.15, -0.1) is 12.4 Å². The van der Waals surface area contributed by atoms with Crippen LogP contribution < -0.4 is 11.1 Å². The summed E-state index contributed by atoms with van der Waals surface area (Å²) in [7, 11) is 0. The summed E-state index contributed by atoms with van der Waals surface area (Å²) >= 11 is 0. The molecular weight excluding hydrogens is 300 g/mol. The lowest BCUT2D eigenvalue weighted by atomic mass is 9.46. The highest BCUT2D eigenvalue weighted by Crippen LogP contribution is 2.57. The van der Waals surface area contributed by atoms with Crippen molar-refractivity contribution in [3.05, 3.63) is 0 Å². The first kappa shape index (κ1) is 18.0. The number of amides is 1. The quantitative estimate of drug-likeness (QED) is 0.833. The van der Waals surface area contributed by atoms with Gasteiger partial charge in [0.2, 0.25) is 5.91 Å². The van der Waals surface area contributed by atoms with Gasteiger partial charge in [0.05, 0.1) is 6.10 Å². The molecule has 1 saturated heterocycles. The van der Waals surface area contributed by atoms with Gasteiger partial charge in [-0.1, -0.05) is 39.5 Å². The van der Waals surface area contributed by atoms with Gasteiger partial charge in [-0.2, -0.15) is 0 Å². The van der Waals surface area contributed by atoms with E-state index >= 15 is 0 Å². The Balaban J connectivity index is 0.00000176. The van der Waals surface area contributed by atoms with Crippen LogP contribution in [0.3, 0.4) is 0 Å². The Bertz CT molecular complexity index is 409. The lowest BCUT2D eigenvalue weighted by Crippen LogP contribution is -2.82. The monoisotopic (exact) mass is 330 g/mol. The van der Waals surface area contributed by atoms with Crippen LogP contribution in [0.1, 0.15) is 58.8 Å². The molecule has 4 nitrogen and oxygen atoms in total. The van der Waals surface area contributed by atoms with Crippen LogP contribution >= 0.6 is 12.4 Å². The van der Waals surface area contributed by atoms with Crippen molar-refractivity contribution in [3.63, 3.8) is 0 Å². The molecule has 3 N–H and O–H groups in total. The van der Waals surface area contributed by atoms with Gasteiger partial charge in [-0.3, -0.25) is 4.79 Å². The van der Waals surface area contributed by atoms with Crippen molar-refractivity contribution in [1.29, 1.82) is 0 Å². The average molecular weight is 331 g/mol. The van der Waals surface area contributed by atoms with Crippen molar-refractivity contribution < 1.29 is 9.53 Å². The molecule has 5 heteroatoms. The van der Waals surface area contributed by atoms with E-state index < -0.39 is 5.54 Å². The van der Waals surface area contributed by atoms with Gasteiger partial charge >= 0.3 is 0 Å². The molecule has 0 spiro atoms. The highest BCUT2D eigenvalue weighted by molar-refractivity contribution is 5.89. The van der Waals surface area contributed by atoms with Crippen LogP contribution in [0, 0.1) is 17.3 Å². The molecule has 1 aliphatic heterocycles. The van der Waals surface area contributed by atoms with E-state index in [1.807, 2.05) is 0 Å². The molecule has 0 aromatic rings. The van der Waals surface area contributed by atoms with E-state index in [0.29, 0.717) is 0 Å². The minimum absolute atomic E-state index is 0. The molecule has 3 fully saturated rings. The molecule has 22 heavy (non-hydrogen) atoms. The summed E-state index contributed by atoms with van der Waals surface area (Å²) in [6, 6.07) is 0. The molecule has 2 aliphatic carbocycles. The fraction of sp³-hybridized carbons (Fsp3) is 0.941. The van der Waals surface area contributed by atoms with Crippen molar-refractivity contribution in [2.24, 2.45) is 23.0 Å². The van der Waals surface area contributed by atoms with E-state index in [0.717, 1.165) is 38.3 Å². The summed E-state index contributed by atoms with van der Waals surface area (Å²) in [6.45, 7) is 5.74. The van der Waals surface area contributed by atoms with Crippen LogP contribution in [-0.2, 0) is 9.53 Å². The van der Waals surface area contributed by atoms with Crippen LogP contribution in [0.2, 0.25) is 0 Å². The van der Waals surface area contributed by atoms with Crippen LogP contribution in [-0.4, -0.2) is 30.7 Å².